The highest BCUT2D eigenvalue weighted by Crippen LogP contribution is 2.30. The van der Waals surface area contributed by atoms with E-state index in [-0.39, 0.29) is 18.2 Å². The smallest absolute Gasteiger partial charge is 0.125 e. The van der Waals surface area contributed by atoms with E-state index in [0.29, 0.717) is 5.92 Å². The summed E-state index contributed by atoms with van der Waals surface area (Å²) in [5.74, 6) is 0.385. The van der Waals surface area contributed by atoms with E-state index < -0.39 is 0 Å². The molecule has 0 saturated carbocycles. The van der Waals surface area contributed by atoms with E-state index >= 15 is 0 Å². The van der Waals surface area contributed by atoms with E-state index in [1.54, 1.807) is 6.07 Å². The third-order valence-corrected chi connectivity index (χ3v) is 3.41. The molecule has 4 heteroatoms. The minimum Gasteiger partial charge on any atom is -0.361 e. The maximum absolute atomic E-state index is 13.1. The van der Waals surface area contributed by atoms with E-state index in [9.17, 15) is 4.39 Å². The Labute approximate surface area is 106 Å². The molecular formula is C13H16ClFN2. The van der Waals surface area contributed by atoms with Crippen molar-refractivity contribution in [1.29, 1.82) is 0 Å². The number of halogens is 2. The fourth-order valence-electron chi connectivity index (χ4n) is 2.58. The molecule has 17 heavy (non-hydrogen) atoms. The standard InChI is InChI=1S/C13H15FN2.ClH/c14-10-3-4-11-12(8-16-13(11)6-10)9-2-1-5-15-7-9;/h3-4,6,8-9,15-16H,1-2,5,7H2;1H. The Morgan fingerprint density at radius 1 is 1.29 bits per heavy atom. The van der Waals surface area contributed by atoms with Gasteiger partial charge in [0.15, 0.2) is 0 Å². The maximum Gasteiger partial charge on any atom is 0.125 e. The molecule has 1 aliphatic heterocycles. The van der Waals surface area contributed by atoms with Gasteiger partial charge in [-0.2, -0.15) is 0 Å². The average Bonchev–Trinajstić information content (AvgIpc) is 2.73. The number of benzene rings is 1. The molecule has 2 N–H and O–H groups in total. The van der Waals surface area contributed by atoms with Gasteiger partial charge in [0.25, 0.3) is 0 Å². The minimum absolute atomic E-state index is 0. The van der Waals surface area contributed by atoms with Crippen molar-refractivity contribution in [2.75, 3.05) is 13.1 Å². The van der Waals surface area contributed by atoms with Gasteiger partial charge in [-0.3, -0.25) is 0 Å². The number of aromatic amines is 1. The Morgan fingerprint density at radius 3 is 2.94 bits per heavy atom. The molecule has 0 aliphatic carbocycles. The number of hydrogen-bond acceptors (Lipinski definition) is 1. The summed E-state index contributed by atoms with van der Waals surface area (Å²) in [6.07, 6.45) is 4.47. The number of hydrogen-bond donors (Lipinski definition) is 2. The second-order valence-corrected chi connectivity index (χ2v) is 4.48. The van der Waals surface area contributed by atoms with Crippen molar-refractivity contribution in [2.24, 2.45) is 0 Å². The predicted molar refractivity (Wildman–Crippen MR) is 70.3 cm³/mol. The molecule has 0 spiro atoms. The van der Waals surface area contributed by atoms with Crippen LogP contribution in [-0.4, -0.2) is 18.1 Å². The molecule has 2 aromatic rings. The summed E-state index contributed by atoms with van der Waals surface area (Å²) in [4.78, 5) is 3.16. The number of fused-ring (bicyclic) bond motifs is 1. The second-order valence-electron chi connectivity index (χ2n) is 4.48. The first kappa shape index (κ1) is 12.4. The summed E-state index contributed by atoms with van der Waals surface area (Å²) >= 11 is 0. The molecular weight excluding hydrogens is 239 g/mol. The van der Waals surface area contributed by atoms with Crippen molar-refractivity contribution >= 4 is 23.3 Å². The summed E-state index contributed by atoms with van der Waals surface area (Å²) in [6.45, 7) is 2.15. The molecule has 1 fully saturated rings. The van der Waals surface area contributed by atoms with Crippen molar-refractivity contribution in [2.45, 2.75) is 18.8 Å². The van der Waals surface area contributed by atoms with Gasteiger partial charge in [0.1, 0.15) is 5.82 Å². The first-order valence-electron chi connectivity index (χ1n) is 5.82. The van der Waals surface area contributed by atoms with E-state index in [0.717, 1.165) is 24.0 Å². The van der Waals surface area contributed by atoms with Crippen LogP contribution in [0.5, 0.6) is 0 Å². The Morgan fingerprint density at radius 2 is 2.18 bits per heavy atom. The van der Waals surface area contributed by atoms with Crippen LogP contribution in [0.25, 0.3) is 10.9 Å². The molecule has 92 valence electrons. The molecule has 1 unspecified atom stereocenters. The second kappa shape index (κ2) is 5.07. The number of nitrogens with one attached hydrogen (secondary N) is 2. The zero-order valence-electron chi connectivity index (χ0n) is 9.50. The quantitative estimate of drug-likeness (QED) is 0.804. The zero-order chi connectivity index (χ0) is 11.0. The highest BCUT2D eigenvalue weighted by Gasteiger charge is 2.18. The van der Waals surface area contributed by atoms with Crippen LogP contribution in [0.4, 0.5) is 4.39 Å². The number of piperidine rings is 1. The first-order chi connectivity index (χ1) is 7.84. The molecule has 0 radical (unpaired) electrons. The summed E-state index contributed by atoms with van der Waals surface area (Å²) in [5.41, 5.74) is 2.22. The normalized spacial score (nSPS) is 20.2. The van der Waals surface area contributed by atoms with Gasteiger partial charge in [-0.1, -0.05) is 0 Å². The monoisotopic (exact) mass is 254 g/mol. The van der Waals surface area contributed by atoms with Gasteiger partial charge >= 0.3 is 0 Å². The molecule has 1 aromatic carbocycles. The van der Waals surface area contributed by atoms with Crippen LogP contribution in [0.1, 0.15) is 24.3 Å². The lowest BCUT2D eigenvalue weighted by Crippen LogP contribution is -2.28. The van der Waals surface area contributed by atoms with E-state index in [2.05, 4.69) is 10.3 Å². The van der Waals surface area contributed by atoms with Gasteiger partial charge in [0, 0.05) is 23.6 Å². The van der Waals surface area contributed by atoms with Crippen LogP contribution in [0.2, 0.25) is 0 Å². The largest absolute Gasteiger partial charge is 0.361 e. The molecule has 0 amide bonds. The van der Waals surface area contributed by atoms with E-state index in [4.69, 9.17) is 0 Å². The molecule has 1 saturated heterocycles. The molecule has 2 heterocycles. The van der Waals surface area contributed by atoms with E-state index in [1.807, 2.05) is 12.3 Å². The zero-order valence-corrected chi connectivity index (χ0v) is 10.3. The number of aromatic nitrogens is 1. The summed E-state index contributed by atoms with van der Waals surface area (Å²) < 4.78 is 13.1. The van der Waals surface area contributed by atoms with Gasteiger partial charge in [0.05, 0.1) is 0 Å². The van der Waals surface area contributed by atoms with E-state index in [1.165, 1.54) is 24.5 Å². The lowest BCUT2D eigenvalue weighted by Gasteiger charge is -2.22. The third-order valence-electron chi connectivity index (χ3n) is 3.41. The maximum atomic E-state index is 13.1. The van der Waals surface area contributed by atoms with Crippen molar-refractivity contribution in [1.82, 2.24) is 10.3 Å². The predicted octanol–water partition coefficient (Wildman–Crippen LogP) is 3.20. The summed E-state index contributed by atoms with van der Waals surface area (Å²) in [6, 6.07) is 4.98. The van der Waals surface area contributed by atoms with Gasteiger partial charge < -0.3 is 10.3 Å². The van der Waals surface area contributed by atoms with Gasteiger partial charge in [-0.25, -0.2) is 4.39 Å². The van der Waals surface area contributed by atoms with Crippen LogP contribution in [0, 0.1) is 5.82 Å². The lowest BCUT2D eigenvalue weighted by atomic mass is 9.91. The minimum atomic E-state index is -0.178. The van der Waals surface area contributed by atoms with Crippen molar-refractivity contribution < 1.29 is 4.39 Å². The molecule has 1 atom stereocenters. The molecule has 0 bridgehead atoms. The Hall–Kier alpha value is -1.06. The summed E-state index contributed by atoms with van der Waals surface area (Å²) in [5, 5.41) is 4.57. The summed E-state index contributed by atoms with van der Waals surface area (Å²) in [7, 11) is 0. The van der Waals surface area contributed by atoms with Crippen LogP contribution in [-0.2, 0) is 0 Å². The average molecular weight is 255 g/mol. The number of rotatable bonds is 1. The van der Waals surface area contributed by atoms with Crippen molar-refractivity contribution in [3.8, 4) is 0 Å². The Bertz CT molecular complexity index is 503. The molecule has 1 aromatic heterocycles. The fraction of sp³-hybridized carbons (Fsp3) is 0.385. The fourth-order valence-corrected chi connectivity index (χ4v) is 2.58. The van der Waals surface area contributed by atoms with Crippen LogP contribution in [0.3, 0.4) is 0 Å². The SMILES string of the molecule is Cl.Fc1ccc2c(C3CCCNC3)c[nH]c2c1. The van der Waals surface area contributed by atoms with Gasteiger partial charge in [-0.15, -0.1) is 12.4 Å². The van der Waals surface area contributed by atoms with Crippen LogP contribution >= 0.6 is 12.4 Å². The topological polar surface area (TPSA) is 27.8 Å². The Kier molecular flexibility index (Phi) is 3.69. The van der Waals surface area contributed by atoms with Gasteiger partial charge in [0.2, 0.25) is 0 Å². The van der Waals surface area contributed by atoms with Gasteiger partial charge in [-0.05, 0) is 49.1 Å². The molecule has 1 aliphatic rings. The highest BCUT2D eigenvalue weighted by molar-refractivity contribution is 5.85. The molecule has 2 nitrogen and oxygen atoms in total. The van der Waals surface area contributed by atoms with Crippen LogP contribution in [0.15, 0.2) is 24.4 Å². The third kappa shape index (κ3) is 2.31. The molecule has 3 rings (SSSR count). The number of H-pyrrole nitrogens is 1. The first-order valence-corrected chi connectivity index (χ1v) is 5.82. The highest BCUT2D eigenvalue weighted by atomic mass is 35.5. The van der Waals surface area contributed by atoms with Crippen molar-refractivity contribution in [3.63, 3.8) is 0 Å². The van der Waals surface area contributed by atoms with Crippen molar-refractivity contribution in [3.05, 3.63) is 35.8 Å². The lowest BCUT2D eigenvalue weighted by molar-refractivity contribution is 0.463. The Balaban J connectivity index is 0.00000108. The van der Waals surface area contributed by atoms with Crippen LogP contribution < -0.4 is 5.32 Å².